The van der Waals surface area contributed by atoms with E-state index in [0.717, 1.165) is 0 Å². The van der Waals surface area contributed by atoms with Crippen molar-refractivity contribution in [2.75, 3.05) is 26.2 Å². The van der Waals surface area contributed by atoms with Gasteiger partial charge in [0.15, 0.2) is 0 Å². The number of likely N-dealkylation sites (tertiary alicyclic amines) is 1. The van der Waals surface area contributed by atoms with Crippen molar-refractivity contribution in [1.82, 2.24) is 15.5 Å². The van der Waals surface area contributed by atoms with E-state index >= 15 is 0 Å². The Bertz CT molecular complexity index is 613. The number of nitrogens with one attached hydrogen (secondary N) is 2. The lowest BCUT2D eigenvalue weighted by atomic mass is 9.97. The second-order valence-electron chi connectivity index (χ2n) is 5.95. The molecule has 0 bridgehead atoms. The molecule has 25 heavy (non-hydrogen) atoms. The average molecular weight is 351 g/mol. The highest BCUT2D eigenvalue weighted by Gasteiger charge is 2.26. The molecule has 1 fully saturated rings. The van der Waals surface area contributed by atoms with Gasteiger partial charge in [-0.05, 0) is 43.5 Å². The fourth-order valence-corrected chi connectivity index (χ4v) is 2.63. The zero-order valence-electron chi connectivity index (χ0n) is 13.8. The Kier molecular flexibility index (Phi) is 6.73. The van der Waals surface area contributed by atoms with Crippen LogP contribution in [0.5, 0.6) is 0 Å². The first-order valence-corrected chi connectivity index (χ1v) is 8.26. The molecule has 3 amide bonds. The smallest absolute Gasteiger partial charge is 0.317 e. The maximum Gasteiger partial charge on any atom is 0.317 e. The molecule has 1 saturated heterocycles. The summed E-state index contributed by atoms with van der Waals surface area (Å²) in [6.45, 7) is 1.66. The SMILES string of the molecule is O=C(NCCCNC(=O)N1CCC(C(=O)O)CC1)c1ccc(F)cc1. The Morgan fingerprint density at radius 2 is 1.68 bits per heavy atom. The van der Waals surface area contributed by atoms with E-state index < -0.39 is 11.8 Å². The third-order valence-corrected chi connectivity index (χ3v) is 4.15. The summed E-state index contributed by atoms with van der Waals surface area (Å²) in [5, 5.41) is 14.4. The summed E-state index contributed by atoms with van der Waals surface area (Å²) in [7, 11) is 0. The van der Waals surface area contributed by atoms with Crippen molar-refractivity contribution in [2.45, 2.75) is 19.3 Å². The van der Waals surface area contributed by atoms with Gasteiger partial charge in [-0.15, -0.1) is 0 Å². The average Bonchev–Trinajstić information content (AvgIpc) is 2.61. The van der Waals surface area contributed by atoms with E-state index in [-0.39, 0.29) is 17.9 Å². The highest BCUT2D eigenvalue weighted by atomic mass is 19.1. The lowest BCUT2D eigenvalue weighted by Crippen LogP contribution is -2.46. The molecule has 0 radical (unpaired) electrons. The number of rotatable bonds is 6. The lowest BCUT2D eigenvalue weighted by molar-refractivity contribution is -0.143. The van der Waals surface area contributed by atoms with Gasteiger partial charge in [-0.1, -0.05) is 0 Å². The van der Waals surface area contributed by atoms with E-state index in [1.165, 1.54) is 24.3 Å². The highest BCUT2D eigenvalue weighted by molar-refractivity contribution is 5.94. The van der Waals surface area contributed by atoms with Crippen molar-refractivity contribution in [3.8, 4) is 0 Å². The molecule has 0 aliphatic carbocycles. The van der Waals surface area contributed by atoms with Crippen LogP contribution in [0.2, 0.25) is 0 Å². The Morgan fingerprint density at radius 3 is 2.28 bits per heavy atom. The summed E-state index contributed by atoms with van der Waals surface area (Å²) in [6.07, 6.45) is 1.50. The summed E-state index contributed by atoms with van der Waals surface area (Å²) >= 11 is 0. The van der Waals surface area contributed by atoms with Crippen molar-refractivity contribution in [3.05, 3.63) is 35.6 Å². The fraction of sp³-hybridized carbons (Fsp3) is 0.471. The van der Waals surface area contributed by atoms with Crippen LogP contribution in [0.25, 0.3) is 0 Å². The van der Waals surface area contributed by atoms with Crippen LogP contribution in [-0.2, 0) is 4.79 Å². The zero-order chi connectivity index (χ0) is 18.2. The van der Waals surface area contributed by atoms with Crippen LogP contribution in [0, 0.1) is 11.7 Å². The second-order valence-corrected chi connectivity index (χ2v) is 5.95. The molecule has 7 nitrogen and oxygen atoms in total. The Balaban J connectivity index is 1.60. The first-order chi connectivity index (χ1) is 12.0. The summed E-state index contributed by atoms with van der Waals surface area (Å²) in [5.74, 6) is -1.86. The molecule has 2 rings (SSSR count). The molecule has 1 aliphatic heterocycles. The Morgan fingerprint density at radius 1 is 1.08 bits per heavy atom. The number of carbonyl (C=O) groups is 3. The zero-order valence-corrected chi connectivity index (χ0v) is 13.8. The Hall–Kier alpha value is -2.64. The number of benzene rings is 1. The molecule has 0 spiro atoms. The van der Waals surface area contributed by atoms with Gasteiger partial charge in [0.25, 0.3) is 5.91 Å². The summed E-state index contributed by atoms with van der Waals surface area (Å²) < 4.78 is 12.8. The van der Waals surface area contributed by atoms with Crippen LogP contribution in [0.15, 0.2) is 24.3 Å². The van der Waals surface area contributed by atoms with Crippen LogP contribution >= 0.6 is 0 Å². The van der Waals surface area contributed by atoms with Crippen molar-refractivity contribution >= 4 is 17.9 Å². The number of carboxylic acid groups (broad SMARTS) is 1. The van der Waals surface area contributed by atoms with E-state index in [4.69, 9.17) is 5.11 Å². The molecular weight excluding hydrogens is 329 g/mol. The molecule has 0 unspecified atom stereocenters. The second kappa shape index (κ2) is 9.00. The van der Waals surface area contributed by atoms with Gasteiger partial charge < -0.3 is 20.6 Å². The monoisotopic (exact) mass is 351 g/mol. The van der Waals surface area contributed by atoms with Gasteiger partial charge >= 0.3 is 12.0 Å². The number of urea groups is 1. The third kappa shape index (κ3) is 5.74. The number of nitrogens with zero attached hydrogens (tertiary/aromatic N) is 1. The van der Waals surface area contributed by atoms with E-state index in [1.54, 1.807) is 4.90 Å². The number of hydrogen-bond acceptors (Lipinski definition) is 3. The van der Waals surface area contributed by atoms with Crippen molar-refractivity contribution < 1.29 is 23.9 Å². The molecule has 0 aromatic heterocycles. The van der Waals surface area contributed by atoms with Crippen molar-refractivity contribution in [2.24, 2.45) is 5.92 Å². The summed E-state index contributed by atoms with van der Waals surface area (Å²) in [5.41, 5.74) is 0.381. The minimum atomic E-state index is -0.808. The minimum Gasteiger partial charge on any atom is -0.481 e. The van der Waals surface area contributed by atoms with E-state index in [0.29, 0.717) is 51.0 Å². The molecule has 0 atom stereocenters. The van der Waals surface area contributed by atoms with Gasteiger partial charge in [-0.25, -0.2) is 9.18 Å². The van der Waals surface area contributed by atoms with Crippen molar-refractivity contribution in [1.29, 1.82) is 0 Å². The number of aliphatic carboxylic acids is 1. The molecule has 3 N–H and O–H groups in total. The van der Waals surface area contributed by atoms with Gasteiger partial charge in [-0.3, -0.25) is 9.59 Å². The Labute approximate surface area is 145 Å². The predicted molar refractivity (Wildman–Crippen MR) is 88.7 cm³/mol. The van der Waals surface area contributed by atoms with Crippen molar-refractivity contribution in [3.63, 3.8) is 0 Å². The maximum absolute atomic E-state index is 12.8. The standard InChI is InChI=1S/C17H22FN3O4/c18-14-4-2-12(3-5-14)15(22)19-8-1-9-20-17(25)21-10-6-13(7-11-21)16(23)24/h2-5,13H,1,6-11H2,(H,19,22)(H,20,25)(H,23,24). The van der Waals surface area contributed by atoms with E-state index in [1.807, 2.05) is 0 Å². The quantitative estimate of drug-likeness (QED) is 0.676. The molecule has 8 heteroatoms. The van der Waals surface area contributed by atoms with Gasteiger partial charge in [-0.2, -0.15) is 0 Å². The highest BCUT2D eigenvalue weighted by Crippen LogP contribution is 2.17. The van der Waals surface area contributed by atoms with Gasteiger partial charge in [0.2, 0.25) is 0 Å². The van der Waals surface area contributed by atoms with Gasteiger partial charge in [0, 0.05) is 31.7 Å². The van der Waals surface area contributed by atoms with Gasteiger partial charge in [0.05, 0.1) is 5.92 Å². The largest absolute Gasteiger partial charge is 0.481 e. The number of hydrogen-bond donors (Lipinski definition) is 3. The molecule has 1 aliphatic rings. The molecule has 1 aromatic carbocycles. The summed E-state index contributed by atoms with van der Waals surface area (Å²) in [4.78, 5) is 36.3. The van der Waals surface area contributed by atoms with Crippen LogP contribution < -0.4 is 10.6 Å². The van der Waals surface area contributed by atoms with Crippen LogP contribution in [0.1, 0.15) is 29.6 Å². The van der Waals surface area contributed by atoms with Crippen LogP contribution in [-0.4, -0.2) is 54.1 Å². The first kappa shape index (κ1) is 18.7. The molecule has 136 valence electrons. The van der Waals surface area contributed by atoms with E-state index in [2.05, 4.69) is 10.6 Å². The van der Waals surface area contributed by atoms with E-state index in [9.17, 15) is 18.8 Å². The number of piperidine rings is 1. The van der Waals surface area contributed by atoms with Gasteiger partial charge in [0.1, 0.15) is 5.82 Å². The lowest BCUT2D eigenvalue weighted by Gasteiger charge is -2.30. The normalized spacial score (nSPS) is 14.8. The van der Waals surface area contributed by atoms with Crippen LogP contribution in [0.4, 0.5) is 9.18 Å². The predicted octanol–water partition coefficient (Wildman–Crippen LogP) is 1.45. The topological polar surface area (TPSA) is 98.7 Å². The maximum atomic E-state index is 12.8. The first-order valence-electron chi connectivity index (χ1n) is 8.26. The fourth-order valence-electron chi connectivity index (χ4n) is 2.63. The number of amides is 3. The number of carbonyl (C=O) groups excluding carboxylic acids is 2. The number of halogens is 1. The third-order valence-electron chi connectivity index (χ3n) is 4.15. The number of carboxylic acids is 1. The minimum absolute atomic E-state index is 0.214. The molecular formula is C17H22FN3O4. The molecule has 0 saturated carbocycles. The van der Waals surface area contributed by atoms with Crippen LogP contribution in [0.3, 0.4) is 0 Å². The molecule has 1 aromatic rings. The summed E-state index contributed by atoms with van der Waals surface area (Å²) in [6, 6.07) is 5.06. The molecule has 1 heterocycles.